The quantitative estimate of drug-likeness (QED) is 0.0362. The lowest BCUT2D eigenvalue weighted by atomic mass is 10.0. The maximum atomic E-state index is 12.5. The first kappa shape index (κ1) is 60.6. The number of hydrogen-bond acceptors (Lipinski definition) is 4. The van der Waals surface area contributed by atoms with E-state index in [1.54, 1.807) is 6.08 Å². The summed E-state index contributed by atoms with van der Waals surface area (Å²) in [5.74, 6) is -0.322. The molecule has 0 bridgehead atoms. The number of unbranched alkanes of at least 4 members (excludes halogenated alkanes) is 38. The Bertz CT molecular complexity index is 962. The largest absolute Gasteiger partial charge is 0.394 e. The van der Waals surface area contributed by atoms with Gasteiger partial charge in [-0.05, 0) is 57.8 Å². The number of nitrogens with one attached hydrogen (secondary N) is 1. The minimum atomic E-state index is -0.951. The van der Waals surface area contributed by atoms with Crippen LogP contribution in [0.3, 0.4) is 0 Å². The zero-order valence-corrected chi connectivity index (χ0v) is 41.8. The van der Waals surface area contributed by atoms with E-state index in [0.717, 1.165) is 32.1 Å². The van der Waals surface area contributed by atoms with Crippen LogP contribution in [0.2, 0.25) is 0 Å². The van der Waals surface area contributed by atoms with Crippen molar-refractivity contribution in [1.29, 1.82) is 0 Å². The van der Waals surface area contributed by atoms with Crippen LogP contribution in [0, 0.1) is 0 Å². The van der Waals surface area contributed by atoms with Crippen LogP contribution in [0.15, 0.2) is 36.5 Å². The van der Waals surface area contributed by atoms with E-state index in [9.17, 15) is 20.1 Å². The van der Waals surface area contributed by atoms with Crippen molar-refractivity contribution in [3.8, 4) is 0 Å². The molecule has 3 atom stereocenters. The van der Waals surface area contributed by atoms with Gasteiger partial charge in [0, 0.05) is 0 Å². The monoisotopic (exact) mass is 872 g/mol. The minimum absolute atomic E-state index is 0.00770. The standard InChI is InChI=1S/C57H109NO4/c1-3-5-7-9-11-13-15-17-19-21-22-23-24-25-26-27-28-29-30-31-32-33-35-36-38-40-42-44-46-48-50-54(60)52-57(62)58-55(53-59)56(61)51-49-47-45-43-41-39-37-34-20-18-16-14-12-10-8-6-4-2/h25-26,41,43,49,51,54-56,59-61H,3-24,27-40,42,44-48,50,52-53H2,1-2H3,(H,58,62)/b26-25-,43-41+,51-49+. The molecule has 0 aromatic heterocycles. The molecule has 5 heteroatoms. The molecule has 0 saturated carbocycles. The predicted molar refractivity (Wildman–Crippen MR) is 273 cm³/mol. The molecule has 62 heavy (non-hydrogen) atoms. The Labute approximate surface area is 387 Å². The van der Waals surface area contributed by atoms with Crippen LogP contribution < -0.4 is 5.32 Å². The molecule has 0 aromatic carbocycles. The molecular weight excluding hydrogens is 763 g/mol. The van der Waals surface area contributed by atoms with Gasteiger partial charge in [0.1, 0.15) is 0 Å². The maximum Gasteiger partial charge on any atom is 0.222 e. The van der Waals surface area contributed by atoms with Crippen molar-refractivity contribution < 1.29 is 20.1 Å². The Morgan fingerprint density at radius 1 is 0.403 bits per heavy atom. The fourth-order valence-electron chi connectivity index (χ4n) is 8.65. The molecule has 0 aliphatic rings. The first-order valence-corrected chi connectivity index (χ1v) is 27.8. The highest BCUT2D eigenvalue weighted by atomic mass is 16.3. The van der Waals surface area contributed by atoms with Crippen molar-refractivity contribution in [2.24, 2.45) is 0 Å². The summed E-state index contributed by atoms with van der Waals surface area (Å²) in [6, 6.07) is -0.760. The van der Waals surface area contributed by atoms with Crippen molar-refractivity contribution in [3.63, 3.8) is 0 Å². The molecule has 0 aromatic rings. The van der Waals surface area contributed by atoms with E-state index < -0.39 is 18.2 Å². The summed E-state index contributed by atoms with van der Waals surface area (Å²) in [4.78, 5) is 12.5. The molecule has 0 aliphatic heterocycles. The Kier molecular flexibility index (Phi) is 51.0. The van der Waals surface area contributed by atoms with Crippen LogP contribution in [0.25, 0.3) is 0 Å². The molecule has 1 amide bonds. The molecule has 5 nitrogen and oxygen atoms in total. The van der Waals surface area contributed by atoms with Crippen LogP contribution in [-0.4, -0.2) is 46.1 Å². The number of hydrogen-bond donors (Lipinski definition) is 4. The third-order valence-corrected chi connectivity index (χ3v) is 12.9. The van der Waals surface area contributed by atoms with Gasteiger partial charge in [0.05, 0.1) is 31.3 Å². The first-order chi connectivity index (χ1) is 30.5. The van der Waals surface area contributed by atoms with Crippen molar-refractivity contribution >= 4 is 5.91 Å². The van der Waals surface area contributed by atoms with E-state index in [-0.39, 0.29) is 18.9 Å². The number of rotatable bonds is 51. The molecule has 0 radical (unpaired) electrons. The van der Waals surface area contributed by atoms with Gasteiger partial charge in [-0.15, -0.1) is 0 Å². The maximum absolute atomic E-state index is 12.5. The minimum Gasteiger partial charge on any atom is -0.394 e. The highest BCUT2D eigenvalue weighted by Gasteiger charge is 2.20. The molecule has 0 rings (SSSR count). The van der Waals surface area contributed by atoms with E-state index in [4.69, 9.17) is 0 Å². The van der Waals surface area contributed by atoms with Crippen molar-refractivity contribution in [2.75, 3.05) is 6.61 Å². The van der Waals surface area contributed by atoms with Gasteiger partial charge < -0.3 is 20.6 Å². The SMILES string of the molecule is CCCCCCCCCCCCC/C=C/CC/C=C/C(O)C(CO)NC(=O)CC(O)CCCCCCCCCCCCCCCC/C=C\CCCCCCCCCCCCCC. The van der Waals surface area contributed by atoms with E-state index >= 15 is 0 Å². The second-order valence-corrected chi connectivity index (χ2v) is 19.2. The normalized spacial score (nSPS) is 13.6. The lowest BCUT2D eigenvalue weighted by Crippen LogP contribution is -2.45. The van der Waals surface area contributed by atoms with E-state index in [2.05, 4.69) is 43.5 Å². The summed E-state index contributed by atoms with van der Waals surface area (Å²) in [6.07, 6.45) is 67.6. The smallest absolute Gasteiger partial charge is 0.222 e. The van der Waals surface area contributed by atoms with Crippen LogP contribution >= 0.6 is 0 Å². The summed E-state index contributed by atoms with van der Waals surface area (Å²) in [5.41, 5.74) is 0. The van der Waals surface area contributed by atoms with Gasteiger partial charge in [-0.1, -0.05) is 269 Å². The van der Waals surface area contributed by atoms with Gasteiger partial charge in [-0.2, -0.15) is 0 Å². The average molecular weight is 873 g/mol. The van der Waals surface area contributed by atoms with Crippen molar-refractivity contribution in [2.45, 2.75) is 315 Å². The molecule has 0 fully saturated rings. The fourth-order valence-corrected chi connectivity index (χ4v) is 8.65. The number of amides is 1. The number of aliphatic hydroxyl groups is 3. The average Bonchev–Trinajstić information content (AvgIpc) is 3.27. The third-order valence-electron chi connectivity index (χ3n) is 12.9. The highest BCUT2D eigenvalue weighted by Crippen LogP contribution is 2.17. The van der Waals surface area contributed by atoms with Gasteiger partial charge in [0.2, 0.25) is 5.91 Å². The van der Waals surface area contributed by atoms with E-state index in [1.165, 1.54) is 238 Å². The highest BCUT2D eigenvalue weighted by molar-refractivity contribution is 5.76. The van der Waals surface area contributed by atoms with Gasteiger partial charge in [-0.25, -0.2) is 0 Å². The van der Waals surface area contributed by atoms with E-state index in [1.807, 2.05) is 6.08 Å². The second-order valence-electron chi connectivity index (χ2n) is 19.2. The Morgan fingerprint density at radius 2 is 0.694 bits per heavy atom. The molecule has 0 heterocycles. The second kappa shape index (κ2) is 52.2. The number of aliphatic hydroxyl groups excluding tert-OH is 3. The summed E-state index contributed by atoms with van der Waals surface area (Å²) in [5, 5.41) is 33.4. The summed E-state index contributed by atoms with van der Waals surface area (Å²) in [6.45, 7) is 4.23. The van der Waals surface area contributed by atoms with Crippen molar-refractivity contribution in [3.05, 3.63) is 36.5 Å². The molecule has 4 N–H and O–H groups in total. The fraction of sp³-hybridized carbons (Fsp3) is 0.877. The topological polar surface area (TPSA) is 89.8 Å². The molecule has 0 spiro atoms. The van der Waals surface area contributed by atoms with Crippen LogP contribution in [-0.2, 0) is 4.79 Å². The van der Waals surface area contributed by atoms with Crippen molar-refractivity contribution in [1.82, 2.24) is 5.32 Å². The summed E-state index contributed by atoms with van der Waals surface area (Å²) in [7, 11) is 0. The van der Waals surface area contributed by atoms with Gasteiger partial charge in [0.25, 0.3) is 0 Å². The lowest BCUT2D eigenvalue weighted by molar-refractivity contribution is -0.124. The number of carbonyl (C=O) groups excluding carboxylic acids is 1. The van der Waals surface area contributed by atoms with E-state index in [0.29, 0.717) is 6.42 Å². The van der Waals surface area contributed by atoms with Gasteiger partial charge in [0.15, 0.2) is 0 Å². The zero-order chi connectivity index (χ0) is 45.1. The first-order valence-electron chi connectivity index (χ1n) is 27.8. The molecule has 3 unspecified atom stereocenters. The van der Waals surface area contributed by atoms with Crippen LogP contribution in [0.5, 0.6) is 0 Å². The Morgan fingerprint density at radius 3 is 1.03 bits per heavy atom. The van der Waals surface area contributed by atoms with Gasteiger partial charge in [-0.3, -0.25) is 4.79 Å². The third kappa shape index (κ3) is 48.0. The molecular formula is C57H109NO4. The van der Waals surface area contributed by atoms with Crippen LogP contribution in [0.4, 0.5) is 0 Å². The number of allylic oxidation sites excluding steroid dienone is 5. The Balaban J connectivity index is 3.56. The predicted octanol–water partition coefficient (Wildman–Crippen LogP) is 17.1. The number of carbonyl (C=O) groups is 1. The Hall–Kier alpha value is -1.43. The summed E-state index contributed by atoms with van der Waals surface area (Å²) >= 11 is 0. The lowest BCUT2D eigenvalue weighted by Gasteiger charge is -2.21. The molecule has 366 valence electrons. The van der Waals surface area contributed by atoms with Crippen LogP contribution in [0.1, 0.15) is 296 Å². The zero-order valence-electron chi connectivity index (χ0n) is 41.8. The molecule has 0 saturated heterocycles. The van der Waals surface area contributed by atoms with Gasteiger partial charge >= 0.3 is 0 Å². The summed E-state index contributed by atoms with van der Waals surface area (Å²) < 4.78 is 0. The molecule has 0 aliphatic carbocycles.